The van der Waals surface area contributed by atoms with E-state index in [2.05, 4.69) is 5.32 Å². The van der Waals surface area contributed by atoms with Crippen molar-refractivity contribution in [2.45, 2.75) is 13.8 Å². The second-order valence-electron chi connectivity index (χ2n) is 5.15. The van der Waals surface area contributed by atoms with Gasteiger partial charge in [0.1, 0.15) is 5.75 Å². The molecule has 1 aromatic rings. The van der Waals surface area contributed by atoms with Gasteiger partial charge in [-0.05, 0) is 17.5 Å². The third-order valence-electron chi connectivity index (χ3n) is 3.49. The molecule has 1 fully saturated rings. The number of hydrogen-bond acceptors (Lipinski definition) is 3. The second kappa shape index (κ2) is 4.01. The lowest BCUT2D eigenvalue weighted by Crippen LogP contribution is -2.17. The van der Waals surface area contributed by atoms with Gasteiger partial charge in [0.05, 0.1) is 11.8 Å². The summed E-state index contributed by atoms with van der Waals surface area (Å²) in [6.45, 7) is 3.52. The predicted octanol–water partition coefficient (Wildman–Crippen LogP) is 1.69. The fraction of sp³-hybridized carbons (Fsp3) is 0.385. The number of anilines is 1. The zero-order chi connectivity index (χ0) is 13.5. The lowest BCUT2D eigenvalue weighted by Gasteiger charge is -2.06. The summed E-state index contributed by atoms with van der Waals surface area (Å²) >= 11 is 0. The van der Waals surface area contributed by atoms with Crippen molar-refractivity contribution in [1.29, 1.82) is 0 Å². The number of carbonyl (C=O) groups excluding carboxylic acids is 1. The topological polar surface area (TPSA) is 86.6 Å². The molecule has 18 heavy (non-hydrogen) atoms. The Morgan fingerprint density at radius 2 is 1.94 bits per heavy atom. The number of carboxylic acid groups (broad SMARTS) is 1. The smallest absolute Gasteiger partial charge is 0.307 e. The van der Waals surface area contributed by atoms with Crippen LogP contribution < -0.4 is 5.32 Å². The summed E-state index contributed by atoms with van der Waals surface area (Å²) in [5, 5.41) is 20.9. The van der Waals surface area contributed by atoms with Crippen LogP contribution in [0.25, 0.3) is 0 Å². The lowest BCUT2D eigenvalue weighted by molar-refractivity contribution is -0.140. The summed E-state index contributed by atoms with van der Waals surface area (Å²) < 4.78 is 0. The van der Waals surface area contributed by atoms with Gasteiger partial charge in [0.2, 0.25) is 5.91 Å². The van der Waals surface area contributed by atoms with Crippen LogP contribution in [0.5, 0.6) is 5.75 Å². The van der Waals surface area contributed by atoms with Crippen molar-refractivity contribution in [3.63, 3.8) is 0 Å². The van der Waals surface area contributed by atoms with Crippen molar-refractivity contribution >= 4 is 17.6 Å². The standard InChI is InChI=1S/C13H15NO4/c1-13(2)9(10(13)12(17)18)11(16)14-7-4-3-5-8(15)6-7/h3-6,9-10,15H,1-2H3,(H,14,16)(H,17,18). The van der Waals surface area contributed by atoms with Crippen LogP contribution in [0, 0.1) is 17.3 Å². The molecule has 1 aliphatic rings. The van der Waals surface area contributed by atoms with Gasteiger partial charge in [-0.3, -0.25) is 9.59 Å². The molecule has 0 spiro atoms. The molecule has 5 heteroatoms. The summed E-state index contributed by atoms with van der Waals surface area (Å²) in [5.41, 5.74) is -0.0564. The summed E-state index contributed by atoms with van der Waals surface area (Å²) in [5.74, 6) is -2.39. The number of carbonyl (C=O) groups is 2. The van der Waals surface area contributed by atoms with Gasteiger partial charge >= 0.3 is 5.97 Å². The fourth-order valence-corrected chi connectivity index (χ4v) is 2.39. The monoisotopic (exact) mass is 249 g/mol. The Morgan fingerprint density at radius 1 is 1.28 bits per heavy atom. The van der Waals surface area contributed by atoms with E-state index in [1.54, 1.807) is 26.0 Å². The van der Waals surface area contributed by atoms with E-state index in [4.69, 9.17) is 5.11 Å². The summed E-state index contributed by atoms with van der Waals surface area (Å²) in [6, 6.07) is 6.17. The minimum absolute atomic E-state index is 0.0534. The average molecular weight is 249 g/mol. The normalized spacial score (nSPS) is 24.3. The van der Waals surface area contributed by atoms with Crippen LogP contribution in [0.2, 0.25) is 0 Å². The van der Waals surface area contributed by atoms with Crippen LogP contribution in [0.3, 0.4) is 0 Å². The van der Waals surface area contributed by atoms with E-state index in [9.17, 15) is 14.7 Å². The number of phenols is 1. The van der Waals surface area contributed by atoms with E-state index >= 15 is 0 Å². The first-order valence-electron chi connectivity index (χ1n) is 5.66. The van der Waals surface area contributed by atoms with Crippen LogP contribution in [0.15, 0.2) is 24.3 Å². The quantitative estimate of drug-likeness (QED) is 0.760. The fourth-order valence-electron chi connectivity index (χ4n) is 2.39. The molecular weight excluding hydrogens is 234 g/mol. The van der Waals surface area contributed by atoms with E-state index in [0.717, 1.165) is 0 Å². The molecule has 96 valence electrons. The minimum atomic E-state index is -0.948. The maximum atomic E-state index is 12.0. The summed E-state index contributed by atoms with van der Waals surface area (Å²) in [7, 11) is 0. The molecule has 1 saturated carbocycles. The average Bonchev–Trinajstić information content (AvgIpc) is 2.81. The molecule has 0 aliphatic heterocycles. The van der Waals surface area contributed by atoms with Crippen LogP contribution >= 0.6 is 0 Å². The van der Waals surface area contributed by atoms with Gasteiger partial charge in [-0.2, -0.15) is 0 Å². The molecule has 0 heterocycles. The highest BCUT2D eigenvalue weighted by atomic mass is 16.4. The number of hydrogen-bond donors (Lipinski definition) is 3. The van der Waals surface area contributed by atoms with E-state index in [1.165, 1.54) is 12.1 Å². The van der Waals surface area contributed by atoms with Gasteiger partial charge in [-0.1, -0.05) is 19.9 Å². The zero-order valence-electron chi connectivity index (χ0n) is 10.2. The van der Waals surface area contributed by atoms with Crippen molar-refractivity contribution in [2.24, 2.45) is 17.3 Å². The number of benzene rings is 1. The second-order valence-corrected chi connectivity index (χ2v) is 5.15. The predicted molar refractivity (Wildman–Crippen MR) is 65.1 cm³/mol. The first-order chi connectivity index (χ1) is 8.34. The van der Waals surface area contributed by atoms with E-state index in [0.29, 0.717) is 5.69 Å². The molecule has 1 amide bonds. The Labute approximate surface area is 104 Å². The number of aliphatic carboxylic acids is 1. The first kappa shape index (κ1) is 12.4. The molecule has 2 unspecified atom stereocenters. The van der Waals surface area contributed by atoms with Crippen LogP contribution in [0.1, 0.15) is 13.8 Å². The molecule has 1 aromatic carbocycles. The largest absolute Gasteiger partial charge is 0.508 e. The van der Waals surface area contributed by atoms with Crippen LogP contribution in [-0.4, -0.2) is 22.1 Å². The van der Waals surface area contributed by atoms with Gasteiger partial charge in [0.25, 0.3) is 0 Å². The van der Waals surface area contributed by atoms with Gasteiger partial charge in [0.15, 0.2) is 0 Å². The molecule has 0 saturated heterocycles. The van der Waals surface area contributed by atoms with E-state index < -0.39 is 23.2 Å². The third-order valence-corrected chi connectivity index (χ3v) is 3.49. The van der Waals surface area contributed by atoms with Crippen LogP contribution in [0.4, 0.5) is 5.69 Å². The maximum absolute atomic E-state index is 12.0. The SMILES string of the molecule is CC1(C)C(C(=O)O)C1C(=O)Nc1cccc(O)c1. The number of carboxylic acids is 1. The molecule has 5 nitrogen and oxygen atoms in total. The Balaban J connectivity index is 2.08. The minimum Gasteiger partial charge on any atom is -0.508 e. The summed E-state index contributed by atoms with van der Waals surface area (Å²) in [4.78, 5) is 22.9. The molecular formula is C13H15NO4. The lowest BCUT2D eigenvalue weighted by atomic mass is 10.1. The Hall–Kier alpha value is -2.04. The molecule has 0 bridgehead atoms. The van der Waals surface area contributed by atoms with Crippen molar-refractivity contribution in [3.8, 4) is 5.75 Å². The van der Waals surface area contributed by atoms with Crippen molar-refractivity contribution in [3.05, 3.63) is 24.3 Å². The van der Waals surface area contributed by atoms with E-state index in [-0.39, 0.29) is 11.7 Å². The van der Waals surface area contributed by atoms with Crippen molar-refractivity contribution in [2.75, 3.05) is 5.32 Å². The third kappa shape index (κ3) is 2.03. The Morgan fingerprint density at radius 3 is 2.44 bits per heavy atom. The number of nitrogens with one attached hydrogen (secondary N) is 1. The number of phenolic OH excluding ortho intramolecular Hbond substituents is 1. The highest BCUT2D eigenvalue weighted by Crippen LogP contribution is 2.58. The first-order valence-corrected chi connectivity index (χ1v) is 5.66. The molecule has 0 aromatic heterocycles. The Bertz CT molecular complexity index is 509. The number of amides is 1. The Kier molecular flexibility index (Phi) is 2.77. The maximum Gasteiger partial charge on any atom is 0.307 e. The highest BCUT2D eigenvalue weighted by Gasteiger charge is 2.65. The molecule has 0 radical (unpaired) electrons. The van der Waals surface area contributed by atoms with E-state index in [1.807, 2.05) is 0 Å². The molecule has 2 rings (SSSR count). The highest BCUT2D eigenvalue weighted by molar-refractivity contribution is 5.99. The van der Waals surface area contributed by atoms with Gasteiger partial charge in [-0.15, -0.1) is 0 Å². The van der Waals surface area contributed by atoms with Crippen molar-refractivity contribution in [1.82, 2.24) is 0 Å². The molecule has 3 N–H and O–H groups in total. The van der Waals surface area contributed by atoms with Gasteiger partial charge in [0, 0.05) is 11.8 Å². The van der Waals surface area contributed by atoms with Crippen LogP contribution in [-0.2, 0) is 9.59 Å². The summed E-state index contributed by atoms with van der Waals surface area (Å²) in [6.07, 6.45) is 0. The number of aromatic hydroxyl groups is 1. The van der Waals surface area contributed by atoms with Crippen molar-refractivity contribution < 1.29 is 19.8 Å². The number of rotatable bonds is 3. The molecule has 2 atom stereocenters. The zero-order valence-corrected chi connectivity index (χ0v) is 10.2. The molecule has 1 aliphatic carbocycles. The van der Waals surface area contributed by atoms with Gasteiger partial charge < -0.3 is 15.5 Å². The van der Waals surface area contributed by atoms with Gasteiger partial charge in [-0.25, -0.2) is 0 Å².